The van der Waals surface area contributed by atoms with Gasteiger partial charge in [0.2, 0.25) is 0 Å². The molecule has 7 heterocycles. The van der Waals surface area contributed by atoms with Crippen LogP contribution in [0.3, 0.4) is 0 Å². The minimum absolute atomic E-state index is 0.553. The van der Waals surface area contributed by atoms with Crippen molar-refractivity contribution in [1.29, 1.82) is 0 Å². The van der Waals surface area contributed by atoms with Gasteiger partial charge in [0, 0.05) is 76.6 Å². The lowest BCUT2D eigenvalue weighted by molar-refractivity contribution is 0.657. The molecule has 19 aromatic rings. The number of aliphatic imine (C=N–C) groups is 2. The van der Waals surface area contributed by atoms with E-state index in [9.17, 15) is 0 Å². The van der Waals surface area contributed by atoms with Gasteiger partial charge in [-0.05, 0) is 95.2 Å². The fraction of sp³-hybridized carbons (Fsp3) is 0.0123. The first-order valence-electron chi connectivity index (χ1n) is 30.7. The van der Waals surface area contributed by atoms with E-state index in [1.807, 2.05) is 0 Å². The van der Waals surface area contributed by atoms with E-state index in [0.717, 1.165) is 132 Å². The number of amidine groups is 1. The van der Waals surface area contributed by atoms with E-state index < -0.39 is 6.29 Å². The van der Waals surface area contributed by atoms with E-state index in [2.05, 4.69) is 325 Å². The van der Waals surface area contributed by atoms with E-state index in [1.165, 1.54) is 26.9 Å². The summed E-state index contributed by atoms with van der Waals surface area (Å²) in [6.45, 7) is 0. The van der Waals surface area contributed by atoms with Crippen molar-refractivity contribution >= 4 is 143 Å². The SMILES string of the molecule is c1ccc(C2=NC(n3c4ccccc4c4ccc5c(c6ccccc6n5-c5cc(-n6c7ccccc7c7ccccc76)cc(-n6c7ccccc7c7ccccc76)c5)c43)[N-]C(n3c4ccccc4c4ccc5c6ccccc6n(-c6ccccc6)c5c43)=N2)cc1. The molecule has 0 saturated heterocycles. The number of fused-ring (bicyclic) bond motifs is 20. The maximum absolute atomic E-state index is 5.90. The molecule has 0 amide bonds. The molecule has 0 aliphatic carbocycles. The van der Waals surface area contributed by atoms with Crippen LogP contribution in [0.2, 0.25) is 0 Å². The fourth-order valence-corrected chi connectivity index (χ4v) is 15.3. The van der Waals surface area contributed by atoms with Gasteiger partial charge in [0.25, 0.3) is 0 Å². The molecule has 0 fully saturated rings. The summed E-state index contributed by atoms with van der Waals surface area (Å²) in [7, 11) is 0. The molecule has 0 spiro atoms. The van der Waals surface area contributed by atoms with Crippen molar-refractivity contribution < 1.29 is 0 Å². The summed E-state index contributed by atoms with van der Waals surface area (Å²) >= 11 is 0. The van der Waals surface area contributed by atoms with Gasteiger partial charge in [-0.1, -0.05) is 218 Å². The summed E-state index contributed by atoms with van der Waals surface area (Å²) in [4.78, 5) is 11.3. The Kier molecular flexibility index (Phi) is 10.2. The van der Waals surface area contributed by atoms with Gasteiger partial charge in [0.15, 0.2) is 6.29 Å². The molecule has 0 saturated carbocycles. The topological polar surface area (TPSA) is 68.4 Å². The van der Waals surface area contributed by atoms with Crippen LogP contribution in [0.15, 0.2) is 307 Å². The van der Waals surface area contributed by atoms with Gasteiger partial charge in [0.1, 0.15) is 0 Å². The van der Waals surface area contributed by atoms with Crippen LogP contribution in [-0.2, 0) is 0 Å². The summed E-state index contributed by atoms with van der Waals surface area (Å²) < 4.78 is 14.5. The number of hydrogen-bond acceptors (Lipinski definition) is 2. The largest absolute Gasteiger partial charge is 0.365 e. The number of benzene rings is 13. The zero-order valence-electron chi connectivity index (χ0n) is 48.4. The standard InChI is InChI=1S/C81H50N9/c1-3-23-50(24-4-1)79-82-80(84-81(83-79)90-72-41-21-13-33-61(72)64-44-43-63-60-32-11-19-39-70(60)88(77(63)78(64)90)51-25-5-2-6-26-51)89-71-40-20-12-31-59(71)62-45-46-74-75(76(62)89)65-34-14-22-42-73(65)87(74)54-48-52(85-66-35-15-7-27-55(66)56-28-8-16-36-67(56)85)47-53(49-54)86-68-37-17-9-29-57(68)58-30-10-18-38-69(58)86/h1-49,80H/q-1. The predicted molar refractivity (Wildman–Crippen MR) is 374 cm³/mol. The molecule has 20 rings (SSSR count). The lowest BCUT2D eigenvalue weighted by atomic mass is 10.1. The minimum Gasteiger partial charge on any atom is -0.365 e. The van der Waals surface area contributed by atoms with Crippen molar-refractivity contribution in [2.24, 2.45) is 9.98 Å². The van der Waals surface area contributed by atoms with Gasteiger partial charge < -0.3 is 37.7 Å². The maximum Gasteiger partial charge on any atom is 0.165 e. The van der Waals surface area contributed by atoms with Crippen molar-refractivity contribution in [3.63, 3.8) is 0 Å². The van der Waals surface area contributed by atoms with E-state index >= 15 is 0 Å². The third kappa shape index (κ3) is 6.80. The Labute approximate surface area is 514 Å². The van der Waals surface area contributed by atoms with Crippen LogP contribution in [0.25, 0.3) is 159 Å². The lowest BCUT2D eigenvalue weighted by Gasteiger charge is -2.33. The van der Waals surface area contributed by atoms with Gasteiger partial charge >= 0.3 is 0 Å². The molecular weight excluding hydrogens is 1100 g/mol. The number of para-hydroxylation sites is 9. The second-order valence-corrected chi connectivity index (χ2v) is 23.6. The summed E-state index contributed by atoms with van der Waals surface area (Å²) in [5.74, 6) is 1.16. The number of nitrogens with zero attached hydrogens (tertiary/aromatic N) is 9. The van der Waals surface area contributed by atoms with Gasteiger partial charge in [-0.3, -0.25) is 0 Å². The number of hydrogen-bond donors (Lipinski definition) is 0. The van der Waals surface area contributed by atoms with Gasteiger partial charge in [-0.25, -0.2) is 4.99 Å². The van der Waals surface area contributed by atoms with Crippen molar-refractivity contribution in [2.75, 3.05) is 0 Å². The summed E-state index contributed by atoms with van der Waals surface area (Å²) in [5.41, 5.74) is 18.2. The molecule has 0 bridgehead atoms. The van der Waals surface area contributed by atoms with E-state index in [-0.39, 0.29) is 0 Å². The second-order valence-electron chi connectivity index (χ2n) is 23.6. The molecule has 9 heteroatoms. The highest BCUT2D eigenvalue weighted by Gasteiger charge is 2.28. The first-order chi connectivity index (χ1) is 44.7. The molecule has 1 atom stereocenters. The Balaban J connectivity index is 0.870. The van der Waals surface area contributed by atoms with Crippen LogP contribution in [0, 0.1) is 0 Å². The molecule has 0 N–H and O–H groups in total. The highest BCUT2D eigenvalue weighted by molar-refractivity contribution is 6.29. The van der Waals surface area contributed by atoms with Crippen LogP contribution >= 0.6 is 0 Å². The van der Waals surface area contributed by atoms with Crippen LogP contribution in [0.5, 0.6) is 0 Å². The van der Waals surface area contributed by atoms with Crippen molar-refractivity contribution in [3.8, 4) is 22.7 Å². The molecule has 0 radical (unpaired) electrons. The van der Waals surface area contributed by atoms with E-state index in [1.54, 1.807) is 0 Å². The summed E-state index contributed by atoms with van der Waals surface area (Å²) in [6, 6.07) is 108. The number of aromatic nitrogens is 6. The van der Waals surface area contributed by atoms with Gasteiger partial charge in [0.05, 0.1) is 78.1 Å². The Bertz CT molecular complexity index is 6080. The zero-order valence-corrected chi connectivity index (χ0v) is 48.4. The summed E-state index contributed by atoms with van der Waals surface area (Å²) in [5, 5.41) is 19.8. The quantitative estimate of drug-likeness (QED) is 0.159. The Morgan fingerprint density at radius 2 is 0.600 bits per heavy atom. The Hall–Kier alpha value is -12.2. The first-order valence-corrected chi connectivity index (χ1v) is 30.7. The average Bonchev–Trinajstić information content (AvgIpc) is 1.55. The molecule has 1 aliphatic rings. The van der Waals surface area contributed by atoms with Crippen LogP contribution in [0.1, 0.15) is 11.9 Å². The van der Waals surface area contributed by atoms with Gasteiger partial charge in [-0.2, -0.15) is 0 Å². The molecule has 90 heavy (non-hydrogen) atoms. The third-order valence-corrected chi connectivity index (χ3v) is 18.9. The van der Waals surface area contributed by atoms with Gasteiger partial charge in [-0.15, -0.1) is 0 Å². The molecule has 13 aromatic carbocycles. The molecule has 9 nitrogen and oxygen atoms in total. The fourth-order valence-electron chi connectivity index (χ4n) is 15.3. The first kappa shape index (κ1) is 49.0. The maximum atomic E-state index is 5.90. The molecule has 6 aromatic heterocycles. The van der Waals surface area contributed by atoms with Crippen LogP contribution in [-0.4, -0.2) is 39.2 Å². The van der Waals surface area contributed by atoms with Crippen LogP contribution < -0.4 is 0 Å². The zero-order chi connectivity index (χ0) is 58.7. The average molecular weight is 1150 g/mol. The normalized spacial score (nSPS) is 13.9. The van der Waals surface area contributed by atoms with Crippen molar-refractivity contribution in [2.45, 2.75) is 6.29 Å². The van der Waals surface area contributed by atoms with Crippen molar-refractivity contribution in [3.05, 3.63) is 308 Å². The highest BCUT2D eigenvalue weighted by Crippen LogP contribution is 2.47. The molecule has 420 valence electrons. The second kappa shape index (κ2) is 18.7. The summed E-state index contributed by atoms with van der Waals surface area (Å²) in [6.07, 6.45) is -0.793. The Morgan fingerprint density at radius 1 is 0.256 bits per heavy atom. The monoisotopic (exact) mass is 1150 g/mol. The van der Waals surface area contributed by atoms with E-state index in [0.29, 0.717) is 11.8 Å². The lowest BCUT2D eigenvalue weighted by Crippen LogP contribution is -2.23. The Morgan fingerprint density at radius 3 is 1.10 bits per heavy atom. The molecule has 1 unspecified atom stereocenters. The third-order valence-electron chi connectivity index (χ3n) is 18.9. The highest BCUT2D eigenvalue weighted by atomic mass is 15.4. The molecule has 1 aliphatic heterocycles. The predicted octanol–water partition coefficient (Wildman–Crippen LogP) is 20.5. The smallest absolute Gasteiger partial charge is 0.165 e. The molecular formula is C81H50N9-. The number of rotatable bonds is 6. The minimum atomic E-state index is -0.793. The van der Waals surface area contributed by atoms with Crippen LogP contribution in [0.4, 0.5) is 0 Å². The van der Waals surface area contributed by atoms with E-state index in [4.69, 9.17) is 15.3 Å². The van der Waals surface area contributed by atoms with Crippen molar-refractivity contribution in [1.82, 2.24) is 27.4 Å².